The van der Waals surface area contributed by atoms with Crippen LogP contribution in [0.25, 0.3) is 11.0 Å². The highest BCUT2D eigenvalue weighted by Gasteiger charge is 2.52. The van der Waals surface area contributed by atoms with Crippen LogP contribution < -0.4 is 10.6 Å². The molecule has 3 aromatic rings. The van der Waals surface area contributed by atoms with Crippen molar-refractivity contribution in [2.24, 2.45) is 12.5 Å². The fraction of sp³-hybridized carbons (Fsp3) is 0.500. The second kappa shape index (κ2) is 6.76. The van der Waals surface area contributed by atoms with Crippen LogP contribution in [-0.4, -0.2) is 31.8 Å². The summed E-state index contributed by atoms with van der Waals surface area (Å²) in [4.78, 5) is 9.54. The summed E-state index contributed by atoms with van der Waals surface area (Å²) in [5, 5.41) is 12.5. The predicted molar refractivity (Wildman–Crippen MR) is 115 cm³/mol. The van der Waals surface area contributed by atoms with E-state index < -0.39 is 0 Å². The van der Waals surface area contributed by atoms with Gasteiger partial charge in [-0.2, -0.15) is 15.1 Å². The minimum atomic E-state index is 0.0960. The van der Waals surface area contributed by atoms with E-state index in [1.807, 2.05) is 24.0 Å². The van der Waals surface area contributed by atoms with E-state index in [9.17, 15) is 0 Å². The van der Waals surface area contributed by atoms with Crippen LogP contribution in [-0.2, 0) is 7.05 Å². The number of aromatic nitrogens is 4. The summed E-state index contributed by atoms with van der Waals surface area (Å²) in [7, 11) is 1.92. The van der Waals surface area contributed by atoms with Crippen LogP contribution in [0.3, 0.4) is 0 Å². The Balaban J connectivity index is 1.60. The Labute approximate surface area is 166 Å². The van der Waals surface area contributed by atoms with Crippen LogP contribution in [0.1, 0.15) is 52.0 Å². The molecule has 1 unspecified atom stereocenters. The Morgan fingerprint density at radius 1 is 1.14 bits per heavy atom. The third-order valence-electron chi connectivity index (χ3n) is 6.07. The van der Waals surface area contributed by atoms with Gasteiger partial charge in [-0.1, -0.05) is 58.0 Å². The molecule has 2 aromatic heterocycles. The third kappa shape index (κ3) is 3.43. The van der Waals surface area contributed by atoms with Crippen molar-refractivity contribution in [1.82, 2.24) is 19.7 Å². The Bertz CT molecular complexity index is 966. The Morgan fingerprint density at radius 3 is 2.50 bits per heavy atom. The summed E-state index contributed by atoms with van der Waals surface area (Å²) in [6.45, 7) is 9.85. The quantitative estimate of drug-likeness (QED) is 0.658. The normalized spacial score (nSPS) is 16.8. The van der Waals surface area contributed by atoms with Crippen LogP contribution in [0.5, 0.6) is 0 Å². The van der Waals surface area contributed by atoms with E-state index in [1.54, 1.807) is 0 Å². The first-order valence-corrected chi connectivity index (χ1v) is 10.1. The van der Waals surface area contributed by atoms with Crippen LogP contribution >= 0.6 is 0 Å². The van der Waals surface area contributed by atoms with E-state index in [0.717, 1.165) is 36.2 Å². The molecule has 1 aliphatic rings. The molecule has 6 nitrogen and oxygen atoms in total. The highest BCUT2D eigenvalue weighted by molar-refractivity contribution is 5.88. The number of rotatable bonds is 6. The minimum Gasteiger partial charge on any atom is -0.363 e. The van der Waals surface area contributed by atoms with Crippen molar-refractivity contribution in [3.63, 3.8) is 0 Å². The smallest absolute Gasteiger partial charge is 0.226 e. The summed E-state index contributed by atoms with van der Waals surface area (Å²) < 4.78 is 1.81. The van der Waals surface area contributed by atoms with Crippen molar-refractivity contribution in [2.45, 2.75) is 52.0 Å². The summed E-state index contributed by atoms with van der Waals surface area (Å²) >= 11 is 0. The van der Waals surface area contributed by atoms with E-state index >= 15 is 0 Å². The minimum absolute atomic E-state index is 0.0960. The van der Waals surface area contributed by atoms with Crippen LogP contribution in [0, 0.1) is 5.41 Å². The molecule has 28 heavy (non-hydrogen) atoms. The molecule has 1 aromatic carbocycles. The molecule has 2 N–H and O–H groups in total. The average Bonchev–Trinajstić information content (AvgIpc) is 3.37. The molecule has 1 aliphatic carbocycles. The molecule has 0 radical (unpaired) electrons. The van der Waals surface area contributed by atoms with Crippen molar-refractivity contribution in [3.05, 3.63) is 42.1 Å². The maximum absolute atomic E-state index is 4.83. The molecule has 1 atom stereocenters. The largest absolute Gasteiger partial charge is 0.363 e. The van der Waals surface area contributed by atoms with E-state index in [-0.39, 0.29) is 11.0 Å². The number of nitrogens with zero attached hydrogens (tertiary/aromatic N) is 4. The number of hydrogen-bond acceptors (Lipinski definition) is 5. The van der Waals surface area contributed by atoms with Crippen molar-refractivity contribution in [3.8, 4) is 0 Å². The second-order valence-corrected chi connectivity index (χ2v) is 9.05. The van der Waals surface area contributed by atoms with E-state index in [0.29, 0.717) is 11.9 Å². The van der Waals surface area contributed by atoms with Gasteiger partial charge in [-0.25, -0.2) is 0 Å². The number of hydrogen-bond donors (Lipinski definition) is 2. The highest BCUT2D eigenvalue weighted by Crippen LogP contribution is 2.52. The maximum Gasteiger partial charge on any atom is 0.226 e. The molecule has 0 spiro atoms. The van der Waals surface area contributed by atoms with Crippen molar-refractivity contribution < 1.29 is 0 Å². The van der Waals surface area contributed by atoms with Gasteiger partial charge in [0.25, 0.3) is 0 Å². The van der Waals surface area contributed by atoms with Crippen molar-refractivity contribution >= 4 is 22.8 Å². The topological polar surface area (TPSA) is 67.7 Å². The number of nitrogens with one attached hydrogen (secondary N) is 2. The summed E-state index contributed by atoms with van der Waals surface area (Å²) in [6.07, 6.45) is 4.18. The van der Waals surface area contributed by atoms with Gasteiger partial charge in [0, 0.05) is 19.1 Å². The fourth-order valence-corrected chi connectivity index (χ4v) is 3.75. The van der Waals surface area contributed by atoms with Gasteiger partial charge in [0.2, 0.25) is 5.95 Å². The lowest BCUT2D eigenvalue weighted by molar-refractivity contribution is 0.323. The van der Waals surface area contributed by atoms with Crippen molar-refractivity contribution in [1.29, 1.82) is 0 Å². The fourth-order valence-electron chi connectivity index (χ4n) is 3.75. The van der Waals surface area contributed by atoms with Crippen LogP contribution in [0.2, 0.25) is 0 Å². The van der Waals surface area contributed by atoms with Gasteiger partial charge < -0.3 is 10.6 Å². The molecular formula is C22H30N6. The molecule has 2 heterocycles. The van der Waals surface area contributed by atoms with Gasteiger partial charge in [0.15, 0.2) is 5.65 Å². The number of fused-ring (bicyclic) bond motifs is 1. The lowest BCUT2D eigenvalue weighted by Crippen LogP contribution is -2.36. The summed E-state index contributed by atoms with van der Waals surface area (Å²) in [5.74, 6) is 1.89. The zero-order chi connectivity index (χ0) is 19.9. The van der Waals surface area contributed by atoms with E-state index in [2.05, 4.69) is 67.7 Å². The molecule has 148 valence electrons. The lowest BCUT2D eigenvalue weighted by atomic mass is 9.84. The monoisotopic (exact) mass is 378 g/mol. The standard InChI is InChI=1S/C22H30N6/c1-15(16-9-7-6-8-10-16)13-23-20-25-18(17-14-24-28(5)19(17)26-20)27-22(11-12-22)21(2,3)4/h6-10,14-15H,11-13H2,1-5H3,(H2,23,25,26,27). The first-order chi connectivity index (χ1) is 13.3. The first-order valence-electron chi connectivity index (χ1n) is 10.1. The van der Waals surface area contributed by atoms with Gasteiger partial charge in [0.1, 0.15) is 5.82 Å². The summed E-state index contributed by atoms with van der Waals surface area (Å²) in [5.41, 5.74) is 2.41. The zero-order valence-corrected chi connectivity index (χ0v) is 17.5. The van der Waals surface area contributed by atoms with E-state index in [1.165, 1.54) is 5.56 Å². The average molecular weight is 379 g/mol. The second-order valence-electron chi connectivity index (χ2n) is 9.05. The molecular weight excluding hydrogens is 348 g/mol. The number of benzene rings is 1. The highest BCUT2D eigenvalue weighted by atomic mass is 15.3. The maximum atomic E-state index is 4.83. The molecule has 0 amide bonds. The third-order valence-corrected chi connectivity index (χ3v) is 6.07. The number of anilines is 2. The Morgan fingerprint density at radius 2 is 1.86 bits per heavy atom. The zero-order valence-electron chi connectivity index (χ0n) is 17.5. The Hall–Kier alpha value is -2.63. The summed E-state index contributed by atoms with van der Waals surface area (Å²) in [6, 6.07) is 10.5. The SMILES string of the molecule is CC(CNc1nc(NC2(C(C)(C)C)CC2)c2cnn(C)c2n1)c1ccccc1. The Kier molecular flexibility index (Phi) is 4.52. The van der Waals surface area contributed by atoms with Gasteiger partial charge in [-0.3, -0.25) is 4.68 Å². The number of aryl methyl sites for hydroxylation is 1. The van der Waals surface area contributed by atoms with Gasteiger partial charge in [-0.15, -0.1) is 0 Å². The van der Waals surface area contributed by atoms with Crippen LogP contribution in [0.15, 0.2) is 36.5 Å². The molecule has 0 aliphatic heterocycles. The molecule has 0 saturated heterocycles. The predicted octanol–water partition coefficient (Wildman–Crippen LogP) is 4.57. The van der Waals surface area contributed by atoms with Gasteiger partial charge in [0.05, 0.1) is 11.6 Å². The molecule has 6 heteroatoms. The van der Waals surface area contributed by atoms with E-state index in [4.69, 9.17) is 9.97 Å². The molecule has 4 rings (SSSR count). The van der Waals surface area contributed by atoms with Crippen molar-refractivity contribution in [2.75, 3.05) is 17.2 Å². The molecule has 1 fully saturated rings. The first kappa shape index (κ1) is 18.7. The van der Waals surface area contributed by atoms with Gasteiger partial charge >= 0.3 is 0 Å². The van der Waals surface area contributed by atoms with Crippen LogP contribution in [0.4, 0.5) is 11.8 Å². The molecule has 1 saturated carbocycles. The van der Waals surface area contributed by atoms with Gasteiger partial charge in [-0.05, 0) is 29.7 Å². The molecule has 0 bridgehead atoms. The lowest BCUT2D eigenvalue weighted by Gasteiger charge is -2.32.